The topological polar surface area (TPSA) is 70.6 Å². The van der Waals surface area contributed by atoms with Gasteiger partial charge in [-0.15, -0.1) is 11.8 Å². The highest BCUT2D eigenvalue weighted by molar-refractivity contribution is 8.00. The first kappa shape index (κ1) is 22.3. The molecule has 0 aliphatic rings. The van der Waals surface area contributed by atoms with Crippen LogP contribution in [0, 0.1) is 6.92 Å². The van der Waals surface area contributed by atoms with Crippen molar-refractivity contribution in [3.05, 3.63) is 95.6 Å². The minimum absolute atomic E-state index is 0.168. The Morgan fingerprint density at radius 2 is 1.58 bits per heavy atom. The summed E-state index contributed by atoms with van der Waals surface area (Å²) in [5.41, 5.74) is 6.53. The molecule has 6 heteroatoms. The number of thioether (sulfide) groups is 1. The molecule has 5 nitrogen and oxygen atoms in total. The van der Waals surface area contributed by atoms with Crippen LogP contribution in [0.25, 0.3) is 0 Å². The van der Waals surface area contributed by atoms with Gasteiger partial charge in [-0.25, -0.2) is 5.43 Å². The van der Waals surface area contributed by atoms with Crippen LogP contribution in [-0.2, 0) is 4.79 Å². The zero-order chi connectivity index (χ0) is 22.2. The van der Waals surface area contributed by atoms with Crippen LogP contribution < -0.4 is 10.7 Å². The monoisotopic (exact) mass is 431 g/mol. The summed E-state index contributed by atoms with van der Waals surface area (Å²) in [4.78, 5) is 25.8. The molecule has 31 heavy (non-hydrogen) atoms. The number of hydrazone groups is 1. The lowest BCUT2D eigenvalue weighted by Crippen LogP contribution is -2.27. The second-order valence-corrected chi connectivity index (χ2v) is 8.56. The zero-order valence-electron chi connectivity index (χ0n) is 17.8. The van der Waals surface area contributed by atoms with Crippen LogP contribution in [0.4, 0.5) is 5.69 Å². The third-order valence-electron chi connectivity index (χ3n) is 4.61. The number of rotatable bonds is 7. The van der Waals surface area contributed by atoms with E-state index in [0.717, 1.165) is 10.5 Å². The van der Waals surface area contributed by atoms with E-state index in [9.17, 15) is 9.59 Å². The van der Waals surface area contributed by atoms with Gasteiger partial charge in [0, 0.05) is 16.1 Å². The van der Waals surface area contributed by atoms with Crippen molar-refractivity contribution in [1.82, 2.24) is 5.43 Å². The molecule has 2 amide bonds. The van der Waals surface area contributed by atoms with Gasteiger partial charge < -0.3 is 5.32 Å². The van der Waals surface area contributed by atoms with E-state index >= 15 is 0 Å². The Labute approximate surface area is 187 Å². The predicted molar refractivity (Wildman–Crippen MR) is 128 cm³/mol. The second-order valence-electron chi connectivity index (χ2n) is 7.15. The number of nitrogens with zero attached hydrogens (tertiary/aromatic N) is 1. The molecular formula is C25H25N3O2S. The number of benzene rings is 3. The number of amides is 2. The van der Waals surface area contributed by atoms with Crippen LogP contribution in [0.15, 0.2) is 88.9 Å². The summed E-state index contributed by atoms with van der Waals surface area (Å²) >= 11 is 1.49. The van der Waals surface area contributed by atoms with Gasteiger partial charge in [0.25, 0.3) is 11.8 Å². The van der Waals surface area contributed by atoms with E-state index in [-0.39, 0.29) is 17.1 Å². The molecule has 158 valence electrons. The average Bonchev–Trinajstić information content (AvgIpc) is 2.79. The van der Waals surface area contributed by atoms with E-state index in [1.807, 2.05) is 87.5 Å². The fraction of sp³-hybridized carbons (Fsp3) is 0.160. The number of hydrogen-bond donors (Lipinski definition) is 2. The van der Waals surface area contributed by atoms with Crippen LogP contribution in [-0.4, -0.2) is 22.8 Å². The Hall–Kier alpha value is -3.38. The molecule has 0 unspecified atom stereocenters. The summed E-state index contributed by atoms with van der Waals surface area (Å²) in [5, 5.41) is 6.84. The van der Waals surface area contributed by atoms with E-state index in [1.165, 1.54) is 17.3 Å². The normalized spacial score (nSPS) is 12.2. The fourth-order valence-corrected chi connectivity index (χ4v) is 3.64. The molecule has 0 aromatic heterocycles. The zero-order valence-corrected chi connectivity index (χ0v) is 18.6. The lowest BCUT2D eigenvalue weighted by molar-refractivity contribution is -0.120. The number of anilines is 1. The molecule has 3 aromatic carbocycles. The molecule has 0 heterocycles. The van der Waals surface area contributed by atoms with Crippen LogP contribution in [0.3, 0.4) is 0 Å². The predicted octanol–water partition coefficient (Wildman–Crippen LogP) is 5.27. The van der Waals surface area contributed by atoms with Gasteiger partial charge in [-0.2, -0.15) is 5.10 Å². The third kappa shape index (κ3) is 6.55. The molecule has 0 fully saturated rings. The summed E-state index contributed by atoms with van der Waals surface area (Å²) in [7, 11) is 0. The standard InChI is InChI=1S/C25H25N3O2S/c1-17-12-14-23(15-13-17)31-19(3)24(29)28-27-18(2)21-10-7-11-22(16-21)26-25(30)20-8-5-4-6-9-20/h4-16,19H,1-3H3,(H,26,30)(H,28,29)/b27-18-/t19-/m0/s1. The molecule has 0 aliphatic heterocycles. The quantitative estimate of drug-likeness (QED) is 0.304. The molecule has 0 saturated heterocycles. The molecule has 0 spiro atoms. The number of carbonyl (C=O) groups excluding carboxylic acids is 2. The molecular weight excluding hydrogens is 406 g/mol. The van der Waals surface area contributed by atoms with Crippen molar-refractivity contribution in [3.8, 4) is 0 Å². The van der Waals surface area contributed by atoms with Gasteiger partial charge in [0.05, 0.1) is 11.0 Å². The molecule has 0 radical (unpaired) electrons. The minimum Gasteiger partial charge on any atom is -0.322 e. The van der Waals surface area contributed by atoms with Crippen LogP contribution in [0.5, 0.6) is 0 Å². The summed E-state index contributed by atoms with van der Waals surface area (Å²) in [6.07, 6.45) is 0. The lowest BCUT2D eigenvalue weighted by atomic mass is 10.1. The van der Waals surface area contributed by atoms with Crippen LogP contribution >= 0.6 is 11.8 Å². The Bertz CT molecular complexity index is 1080. The average molecular weight is 432 g/mol. The smallest absolute Gasteiger partial charge is 0.255 e. The summed E-state index contributed by atoms with van der Waals surface area (Å²) in [5.74, 6) is -0.346. The van der Waals surface area contributed by atoms with Crippen molar-refractivity contribution in [2.45, 2.75) is 30.9 Å². The maximum Gasteiger partial charge on any atom is 0.255 e. The minimum atomic E-state index is -0.282. The van der Waals surface area contributed by atoms with E-state index in [2.05, 4.69) is 15.8 Å². The molecule has 2 N–H and O–H groups in total. The van der Waals surface area contributed by atoms with E-state index < -0.39 is 0 Å². The number of aryl methyl sites for hydroxylation is 1. The van der Waals surface area contributed by atoms with Gasteiger partial charge >= 0.3 is 0 Å². The van der Waals surface area contributed by atoms with E-state index in [0.29, 0.717) is 17.0 Å². The Balaban J connectivity index is 1.60. The van der Waals surface area contributed by atoms with Crippen molar-refractivity contribution in [3.63, 3.8) is 0 Å². The lowest BCUT2D eigenvalue weighted by Gasteiger charge is -2.11. The van der Waals surface area contributed by atoms with Gasteiger partial charge in [0.1, 0.15) is 0 Å². The van der Waals surface area contributed by atoms with Crippen molar-refractivity contribution in [1.29, 1.82) is 0 Å². The largest absolute Gasteiger partial charge is 0.322 e. The summed E-state index contributed by atoms with van der Waals surface area (Å²) in [6, 6.07) is 24.5. The first-order valence-electron chi connectivity index (χ1n) is 9.96. The van der Waals surface area contributed by atoms with Crippen molar-refractivity contribution in [2.75, 3.05) is 5.32 Å². The Morgan fingerprint density at radius 3 is 2.29 bits per heavy atom. The van der Waals surface area contributed by atoms with Crippen molar-refractivity contribution in [2.24, 2.45) is 5.10 Å². The Morgan fingerprint density at radius 1 is 0.903 bits per heavy atom. The van der Waals surface area contributed by atoms with E-state index in [4.69, 9.17) is 0 Å². The van der Waals surface area contributed by atoms with Gasteiger partial charge in [0.15, 0.2) is 0 Å². The SMILES string of the molecule is C/C(=N/NC(=O)[C@H](C)Sc1ccc(C)cc1)c1cccc(NC(=O)c2ccccc2)c1. The highest BCUT2D eigenvalue weighted by atomic mass is 32.2. The number of hydrogen-bond acceptors (Lipinski definition) is 4. The fourth-order valence-electron chi connectivity index (χ4n) is 2.78. The first-order valence-corrected chi connectivity index (χ1v) is 10.8. The molecule has 0 saturated carbocycles. The maximum absolute atomic E-state index is 12.4. The third-order valence-corrected chi connectivity index (χ3v) is 5.72. The molecule has 3 aromatic rings. The van der Waals surface area contributed by atoms with Gasteiger partial charge in [0.2, 0.25) is 0 Å². The van der Waals surface area contributed by atoms with Gasteiger partial charge in [-0.3, -0.25) is 9.59 Å². The van der Waals surface area contributed by atoms with Crippen molar-refractivity contribution < 1.29 is 9.59 Å². The van der Waals surface area contributed by atoms with Gasteiger partial charge in [-0.1, -0.05) is 48.0 Å². The highest BCUT2D eigenvalue weighted by Gasteiger charge is 2.14. The number of carbonyl (C=O) groups is 2. The van der Waals surface area contributed by atoms with E-state index in [1.54, 1.807) is 12.1 Å². The van der Waals surface area contributed by atoms with Gasteiger partial charge in [-0.05, 0) is 62.7 Å². The Kier molecular flexibility index (Phi) is 7.62. The molecule has 3 rings (SSSR count). The highest BCUT2D eigenvalue weighted by Crippen LogP contribution is 2.23. The van der Waals surface area contributed by atoms with Crippen LogP contribution in [0.1, 0.15) is 35.3 Å². The second kappa shape index (κ2) is 10.6. The van der Waals surface area contributed by atoms with Crippen molar-refractivity contribution >= 4 is 35.0 Å². The maximum atomic E-state index is 12.4. The first-order chi connectivity index (χ1) is 14.9. The summed E-state index contributed by atoms with van der Waals surface area (Å²) < 4.78 is 0. The molecule has 1 atom stereocenters. The number of nitrogens with one attached hydrogen (secondary N) is 2. The molecule has 0 aliphatic carbocycles. The van der Waals surface area contributed by atoms with Crippen LogP contribution in [0.2, 0.25) is 0 Å². The molecule has 0 bridgehead atoms. The summed E-state index contributed by atoms with van der Waals surface area (Å²) in [6.45, 7) is 5.70.